The fourth-order valence-electron chi connectivity index (χ4n) is 4.19. The first-order chi connectivity index (χ1) is 9.74. The van der Waals surface area contributed by atoms with Crippen LogP contribution in [0.5, 0.6) is 0 Å². The normalized spacial score (nSPS) is 24.7. The molecule has 1 aliphatic carbocycles. The van der Waals surface area contributed by atoms with Crippen LogP contribution in [-0.2, 0) is 6.42 Å². The van der Waals surface area contributed by atoms with Gasteiger partial charge in [0.2, 0.25) is 0 Å². The first kappa shape index (κ1) is 13.9. The standard InChI is InChI=1S/C18H28N2/c1-15-13-16-7-3-4-8-17(16)20(15)12-11-18(14-19)9-5-2-6-10-18/h3-4,7-8,15H,2,5-6,9-14,19H2,1H3. The van der Waals surface area contributed by atoms with Gasteiger partial charge in [-0.1, -0.05) is 37.5 Å². The van der Waals surface area contributed by atoms with Crippen LogP contribution in [0.3, 0.4) is 0 Å². The van der Waals surface area contributed by atoms with E-state index in [1.54, 1.807) is 0 Å². The number of nitrogens with zero attached hydrogens (tertiary/aromatic N) is 1. The lowest BCUT2D eigenvalue weighted by Crippen LogP contribution is -2.39. The third kappa shape index (κ3) is 2.58. The Kier molecular flexibility index (Phi) is 4.02. The molecule has 1 fully saturated rings. The molecular formula is C18H28N2. The highest BCUT2D eigenvalue weighted by Crippen LogP contribution is 2.40. The Bertz CT molecular complexity index is 448. The van der Waals surface area contributed by atoms with E-state index in [9.17, 15) is 0 Å². The highest BCUT2D eigenvalue weighted by molar-refractivity contribution is 5.59. The molecule has 1 aromatic rings. The van der Waals surface area contributed by atoms with Gasteiger partial charge in [-0.05, 0) is 56.2 Å². The summed E-state index contributed by atoms with van der Waals surface area (Å²) in [5.41, 5.74) is 9.54. The number of anilines is 1. The third-order valence-electron chi connectivity index (χ3n) is 5.58. The second-order valence-electron chi connectivity index (χ2n) is 6.89. The number of hydrogen-bond donors (Lipinski definition) is 1. The molecule has 0 bridgehead atoms. The van der Waals surface area contributed by atoms with Crippen LogP contribution in [0.25, 0.3) is 0 Å². The number of rotatable bonds is 4. The number of para-hydroxylation sites is 1. The molecule has 1 saturated carbocycles. The first-order valence-corrected chi connectivity index (χ1v) is 8.29. The zero-order chi connectivity index (χ0) is 14.0. The molecule has 1 aromatic carbocycles. The van der Waals surface area contributed by atoms with Crippen LogP contribution in [-0.4, -0.2) is 19.1 Å². The topological polar surface area (TPSA) is 29.3 Å². The number of hydrogen-bond acceptors (Lipinski definition) is 2. The van der Waals surface area contributed by atoms with Crippen LogP contribution in [0.15, 0.2) is 24.3 Å². The molecule has 1 atom stereocenters. The van der Waals surface area contributed by atoms with Crippen molar-refractivity contribution < 1.29 is 0 Å². The summed E-state index contributed by atoms with van der Waals surface area (Å²) >= 11 is 0. The van der Waals surface area contributed by atoms with Crippen LogP contribution >= 0.6 is 0 Å². The maximum atomic E-state index is 6.13. The second-order valence-corrected chi connectivity index (χ2v) is 6.89. The molecular weight excluding hydrogens is 244 g/mol. The van der Waals surface area contributed by atoms with Crippen LogP contribution in [0.4, 0.5) is 5.69 Å². The molecule has 1 unspecified atom stereocenters. The van der Waals surface area contributed by atoms with Gasteiger partial charge in [-0.2, -0.15) is 0 Å². The SMILES string of the molecule is CC1Cc2ccccc2N1CCC1(CN)CCCCC1. The van der Waals surface area contributed by atoms with Crippen LogP contribution in [0.1, 0.15) is 51.0 Å². The quantitative estimate of drug-likeness (QED) is 0.904. The highest BCUT2D eigenvalue weighted by Gasteiger charge is 2.33. The van der Waals surface area contributed by atoms with E-state index in [1.807, 2.05) is 0 Å². The second kappa shape index (κ2) is 5.77. The van der Waals surface area contributed by atoms with Crippen LogP contribution in [0, 0.1) is 5.41 Å². The van der Waals surface area contributed by atoms with E-state index in [0.29, 0.717) is 11.5 Å². The number of fused-ring (bicyclic) bond motifs is 1. The summed E-state index contributed by atoms with van der Waals surface area (Å²) in [4.78, 5) is 2.61. The van der Waals surface area contributed by atoms with Gasteiger partial charge < -0.3 is 10.6 Å². The lowest BCUT2D eigenvalue weighted by atomic mass is 9.72. The maximum Gasteiger partial charge on any atom is 0.0402 e. The fourth-order valence-corrected chi connectivity index (χ4v) is 4.19. The minimum absolute atomic E-state index is 0.426. The van der Waals surface area contributed by atoms with Gasteiger partial charge in [0.15, 0.2) is 0 Å². The average Bonchev–Trinajstić information content (AvgIpc) is 2.81. The van der Waals surface area contributed by atoms with Gasteiger partial charge in [-0.25, -0.2) is 0 Å². The molecule has 0 aromatic heterocycles. The van der Waals surface area contributed by atoms with Crippen molar-refractivity contribution in [3.63, 3.8) is 0 Å². The van der Waals surface area contributed by atoms with E-state index >= 15 is 0 Å². The first-order valence-electron chi connectivity index (χ1n) is 8.29. The lowest BCUT2D eigenvalue weighted by Gasteiger charge is -2.38. The average molecular weight is 272 g/mol. The van der Waals surface area contributed by atoms with E-state index in [4.69, 9.17) is 5.73 Å². The van der Waals surface area contributed by atoms with Gasteiger partial charge in [0, 0.05) is 18.3 Å². The molecule has 2 aliphatic rings. The maximum absolute atomic E-state index is 6.13. The Hall–Kier alpha value is -1.02. The molecule has 2 N–H and O–H groups in total. The van der Waals surface area contributed by atoms with Crippen LogP contribution < -0.4 is 10.6 Å². The van der Waals surface area contributed by atoms with Gasteiger partial charge in [0.05, 0.1) is 0 Å². The zero-order valence-corrected chi connectivity index (χ0v) is 12.8. The summed E-state index contributed by atoms with van der Waals surface area (Å²) in [6.45, 7) is 4.40. The molecule has 110 valence electrons. The van der Waals surface area contributed by atoms with Crippen molar-refractivity contribution in [3.05, 3.63) is 29.8 Å². The molecule has 0 saturated heterocycles. The van der Waals surface area contributed by atoms with Crippen molar-refractivity contribution in [3.8, 4) is 0 Å². The van der Waals surface area contributed by atoms with Crippen molar-refractivity contribution in [1.29, 1.82) is 0 Å². The van der Waals surface area contributed by atoms with E-state index in [-0.39, 0.29) is 0 Å². The molecule has 0 amide bonds. The predicted octanol–water partition coefficient (Wildman–Crippen LogP) is 3.74. The zero-order valence-electron chi connectivity index (χ0n) is 12.8. The monoisotopic (exact) mass is 272 g/mol. The molecule has 1 heterocycles. The van der Waals surface area contributed by atoms with Crippen LogP contribution in [0.2, 0.25) is 0 Å². The molecule has 3 rings (SSSR count). The Morgan fingerprint density at radius 2 is 1.95 bits per heavy atom. The summed E-state index contributed by atoms with van der Waals surface area (Å²) in [5, 5.41) is 0. The van der Waals surface area contributed by atoms with E-state index in [1.165, 1.54) is 62.7 Å². The Labute approximate surface area is 123 Å². The van der Waals surface area contributed by atoms with Gasteiger partial charge >= 0.3 is 0 Å². The molecule has 0 spiro atoms. The van der Waals surface area contributed by atoms with E-state index < -0.39 is 0 Å². The fraction of sp³-hybridized carbons (Fsp3) is 0.667. The van der Waals surface area contributed by atoms with Gasteiger partial charge in [0.25, 0.3) is 0 Å². The Balaban J connectivity index is 1.68. The summed E-state index contributed by atoms with van der Waals surface area (Å²) in [6, 6.07) is 9.55. The van der Waals surface area contributed by atoms with Crippen molar-refractivity contribution in [2.24, 2.45) is 11.1 Å². The number of benzene rings is 1. The summed E-state index contributed by atoms with van der Waals surface area (Å²) in [5.74, 6) is 0. The van der Waals surface area contributed by atoms with Crippen molar-refractivity contribution in [1.82, 2.24) is 0 Å². The molecule has 0 radical (unpaired) electrons. The summed E-state index contributed by atoms with van der Waals surface area (Å²) in [7, 11) is 0. The summed E-state index contributed by atoms with van der Waals surface area (Å²) in [6.07, 6.45) is 9.31. The van der Waals surface area contributed by atoms with E-state index in [0.717, 1.165) is 6.54 Å². The third-order valence-corrected chi connectivity index (χ3v) is 5.58. The van der Waals surface area contributed by atoms with E-state index in [2.05, 4.69) is 36.1 Å². The van der Waals surface area contributed by atoms with Gasteiger partial charge in [-0.15, -0.1) is 0 Å². The highest BCUT2D eigenvalue weighted by atomic mass is 15.2. The largest absolute Gasteiger partial charge is 0.368 e. The summed E-state index contributed by atoms with van der Waals surface area (Å²) < 4.78 is 0. The predicted molar refractivity (Wildman–Crippen MR) is 86.1 cm³/mol. The van der Waals surface area contributed by atoms with Gasteiger partial charge in [0.1, 0.15) is 0 Å². The number of nitrogens with two attached hydrogens (primary N) is 1. The van der Waals surface area contributed by atoms with Crippen molar-refractivity contribution >= 4 is 5.69 Å². The van der Waals surface area contributed by atoms with Crippen molar-refractivity contribution in [2.75, 3.05) is 18.0 Å². The van der Waals surface area contributed by atoms with Crippen molar-refractivity contribution in [2.45, 2.75) is 57.9 Å². The smallest absolute Gasteiger partial charge is 0.0402 e. The lowest BCUT2D eigenvalue weighted by molar-refractivity contribution is 0.184. The minimum Gasteiger partial charge on any atom is -0.368 e. The molecule has 2 heteroatoms. The Morgan fingerprint density at radius 1 is 1.20 bits per heavy atom. The minimum atomic E-state index is 0.426. The molecule has 2 nitrogen and oxygen atoms in total. The Morgan fingerprint density at radius 3 is 2.70 bits per heavy atom. The molecule has 1 aliphatic heterocycles. The molecule has 20 heavy (non-hydrogen) atoms. The van der Waals surface area contributed by atoms with Gasteiger partial charge in [-0.3, -0.25) is 0 Å².